The molecule has 1 saturated carbocycles. The minimum Gasteiger partial charge on any atom is -0.349 e. The van der Waals surface area contributed by atoms with Crippen LogP contribution in [0.5, 0.6) is 0 Å². The second-order valence-corrected chi connectivity index (χ2v) is 7.30. The number of rotatable bonds is 2. The molecule has 0 saturated heterocycles. The van der Waals surface area contributed by atoms with E-state index in [9.17, 15) is 9.18 Å². The summed E-state index contributed by atoms with van der Waals surface area (Å²) >= 11 is 0. The van der Waals surface area contributed by atoms with E-state index in [0.717, 1.165) is 12.8 Å². The smallest absolute Gasteiger partial charge is 0.251 e. The van der Waals surface area contributed by atoms with Gasteiger partial charge in [0.1, 0.15) is 5.82 Å². The summed E-state index contributed by atoms with van der Waals surface area (Å²) in [4.78, 5) is 12.5. The summed E-state index contributed by atoms with van der Waals surface area (Å²) in [6.45, 7) is 8.50. The molecule has 1 aromatic rings. The number of carbonyl (C=O) groups is 1. The van der Waals surface area contributed by atoms with Crippen molar-refractivity contribution in [2.75, 3.05) is 0 Å². The van der Waals surface area contributed by atoms with Gasteiger partial charge in [0.05, 0.1) is 0 Å². The Morgan fingerprint density at radius 1 is 1.24 bits per heavy atom. The molecule has 1 aliphatic carbocycles. The van der Waals surface area contributed by atoms with Crippen molar-refractivity contribution in [1.29, 1.82) is 0 Å². The number of nitrogens with one attached hydrogen (secondary N) is 1. The molecule has 2 nitrogen and oxygen atoms in total. The van der Waals surface area contributed by atoms with Gasteiger partial charge in [0, 0.05) is 11.6 Å². The second-order valence-electron chi connectivity index (χ2n) is 7.30. The highest BCUT2D eigenvalue weighted by molar-refractivity contribution is 5.95. The van der Waals surface area contributed by atoms with Crippen LogP contribution in [0.2, 0.25) is 0 Å². The Kier molecular flexibility index (Phi) is 4.70. The summed E-state index contributed by atoms with van der Waals surface area (Å²) in [5, 5.41) is 3.19. The molecule has 0 aromatic heterocycles. The lowest BCUT2D eigenvalue weighted by atomic mass is 9.69. The monoisotopic (exact) mass is 291 g/mol. The van der Waals surface area contributed by atoms with Gasteiger partial charge in [-0.1, -0.05) is 33.6 Å². The first-order valence-corrected chi connectivity index (χ1v) is 7.86. The average Bonchev–Trinajstić information content (AvgIpc) is 2.37. The standard InChI is InChI=1S/C18H26FNO/c1-12-11-13(19)9-10-14(12)17(21)20-16-8-6-5-7-15(16)18(2,3)4/h9-11,15-16H,5-8H2,1-4H3,(H,20,21). The quantitative estimate of drug-likeness (QED) is 0.856. The second kappa shape index (κ2) is 6.17. The van der Waals surface area contributed by atoms with Crippen molar-refractivity contribution in [1.82, 2.24) is 5.32 Å². The predicted molar refractivity (Wildman–Crippen MR) is 83.8 cm³/mol. The molecule has 1 fully saturated rings. The Bertz CT molecular complexity index is 518. The van der Waals surface area contributed by atoms with Crippen LogP contribution in [0.25, 0.3) is 0 Å². The summed E-state index contributed by atoms with van der Waals surface area (Å²) < 4.78 is 13.2. The number of benzene rings is 1. The van der Waals surface area contributed by atoms with Gasteiger partial charge in [0.25, 0.3) is 5.91 Å². The highest BCUT2D eigenvalue weighted by Gasteiger charge is 2.35. The summed E-state index contributed by atoms with van der Waals surface area (Å²) in [6, 6.07) is 4.56. The average molecular weight is 291 g/mol. The number of carbonyl (C=O) groups excluding carboxylic acids is 1. The van der Waals surface area contributed by atoms with Gasteiger partial charge >= 0.3 is 0 Å². The molecule has 0 bridgehead atoms. The molecule has 0 heterocycles. The largest absolute Gasteiger partial charge is 0.349 e. The van der Waals surface area contributed by atoms with Crippen LogP contribution in [0, 0.1) is 24.1 Å². The first-order valence-electron chi connectivity index (χ1n) is 7.86. The van der Waals surface area contributed by atoms with Crippen LogP contribution < -0.4 is 5.32 Å². The summed E-state index contributed by atoms with van der Waals surface area (Å²) in [5.74, 6) is 0.124. The van der Waals surface area contributed by atoms with Gasteiger partial charge in [-0.25, -0.2) is 4.39 Å². The lowest BCUT2D eigenvalue weighted by Crippen LogP contribution is -2.46. The van der Waals surface area contributed by atoms with Crippen LogP contribution in [-0.2, 0) is 0 Å². The van der Waals surface area contributed by atoms with Crippen LogP contribution in [0.1, 0.15) is 62.4 Å². The number of hydrogen-bond donors (Lipinski definition) is 1. The fourth-order valence-corrected chi connectivity index (χ4v) is 3.47. The van der Waals surface area contributed by atoms with Gasteiger partial charge in [-0.05, 0) is 54.9 Å². The van der Waals surface area contributed by atoms with Crippen LogP contribution in [-0.4, -0.2) is 11.9 Å². The van der Waals surface area contributed by atoms with E-state index in [1.165, 1.54) is 25.0 Å². The summed E-state index contributed by atoms with van der Waals surface area (Å²) in [6.07, 6.45) is 4.61. The van der Waals surface area contributed by atoms with Gasteiger partial charge in [-0.15, -0.1) is 0 Å². The Morgan fingerprint density at radius 3 is 2.52 bits per heavy atom. The van der Waals surface area contributed by atoms with Gasteiger partial charge < -0.3 is 5.32 Å². The van der Waals surface area contributed by atoms with E-state index < -0.39 is 0 Å². The summed E-state index contributed by atoms with van der Waals surface area (Å²) in [5.41, 5.74) is 1.46. The van der Waals surface area contributed by atoms with Crippen LogP contribution >= 0.6 is 0 Å². The lowest BCUT2D eigenvalue weighted by Gasteiger charge is -2.40. The Labute approximate surface area is 127 Å². The molecule has 2 atom stereocenters. The van der Waals surface area contributed by atoms with Crippen molar-refractivity contribution in [3.8, 4) is 0 Å². The third-order valence-corrected chi connectivity index (χ3v) is 4.63. The lowest BCUT2D eigenvalue weighted by molar-refractivity contribution is 0.0829. The molecule has 1 aliphatic rings. The molecule has 1 amide bonds. The minimum atomic E-state index is -0.297. The van der Waals surface area contributed by atoms with Crippen molar-refractivity contribution in [3.63, 3.8) is 0 Å². The Hall–Kier alpha value is -1.38. The Balaban J connectivity index is 2.13. The topological polar surface area (TPSA) is 29.1 Å². The first-order chi connectivity index (χ1) is 9.79. The normalized spacial score (nSPS) is 22.9. The number of amides is 1. The molecule has 2 rings (SSSR count). The van der Waals surface area contributed by atoms with E-state index in [1.807, 2.05) is 0 Å². The maximum atomic E-state index is 13.2. The van der Waals surface area contributed by atoms with Crippen molar-refractivity contribution >= 4 is 5.91 Å². The van der Waals surface area contributed by atoms with E-state index in [-0.39, 0.29) is 23.2 Å². The fourth-order valence-electron chi connectivity index (χ4n) is 3.47. The zero-order chi connectivity index (χ0) is 15.6. The van der Waals surface area contributed by atoms with Gasteiger partial charge in [-0.3, -0.25) is 4.79 Å². The molecule has 0 radical (unpaired) electrons. The van der Waals surface area contributed by atoms with E-state index >= 15 is 0 Å². The zero-order valence-corrected chi connectivity index (χ0v) is 13.5. The highest BCUT2D eigenvalue weighted by Crippen LogP contribution is 2.38. The molecule has 1 aromatic carbocycles. The van der Waals surface area contributed by atoms with Crippen LogP contribution in [0.15, 0.2) is 18.2 Å². The van der Waals surface area contributed by atoms with Crippen molar-refractivity contribution in [3.05, 3.63) is 35.1 Å². The van der Waals surface area contributed by atoms with Crippen molar-refractivity contribution in [2.24, 2.45) is 11.3 Å². The summed E-state index contributed by atoms with van der Waals surface area (Å²) in [7, 11) is 0. The third kappa shape index (κ3) is 3.84. The van der Waals surface area contributed by atoms with Crippen LogP contribution in [0.4, 0.5) is 4.39 Å². The van der Waals surface area contributed by atoms with Gasteiger partial charge in [0.2, 0.25) is 0 Å². The van der Waals surface area contributed by atoms with E-state index in [4.69, 9.17) is 0 Å². The molecule has 0 aliphatic heterocycles. The fraction of sp³-hybridized carbons (Fsp3) is 0.611. The molecular formula is C18H26FNO. The van der Waals surface area contributed by atoms with Gasteiger partial charge in [-0.2, -0.15) is 0 Å². The Morgan fingerprint density at radius 2 is 1.90 bits per heavy atom. The molecule has 3 heteroatoms. The molecule has 1 N–H and O–H groups in total. The van der Waals surface area contributed by atoms with Crippen molar-refractivity contribution in [2.45, 2.75) is 59.4 Å². The van der Waals surface area contributed by atoms with E-state index in [0.29, 0.717) is 17.0 Å². The maximum Gasteiger partial charge on any atom is 0.251 e. The highest BCUT2D eigenvalue weighted by atomic mass is 19.1. The molecule has 0 spiro atoms. The molecule has 21 heavy (non-hydrogen) atoms. The predicted octanol–water partition coefficient (Wildman–Crippen LogP) is 4.47. The molecule has 116 valence electrons. The third-order valence-electron chi connectivity index (χ3n) is 4.63. The SMILES string of the molecule is Cc1cc(F)ccc1C(=O)NC1CCCCC1C(C)(C)C. The van der Waals surface area contributed by atoms with E-state index in [2.05, 4.69) is 26.1 Å². The number of aryl methyl sites for hydroxylation is 1. The number of hydrogen-bond acceptors (Lipinski definition) is 1. The zero-order valence-electron chi connectivity index (χ0n) is 13.5. The van der Waals surface area contributed by atoms with Gasteiger partial charge in [0.15, 0.2) is 0 Å². The van der Waals surface area contributed by atoms with Crippen LogP contribution in [0.3, 0.4) is 0 Å². The van der Waals surface area contributed by atoms with E-state index in [1.54, 1.807) is 13.0 Å². The first kappa shape index (κ1) is 16.0. The minimum absolute atomic E-state index is 0.0753. The molecule has 2 unspecified atom stereocenters. The molecular weight excluding hydrogens is 265 g/mol. The maximum absolute atomic E-state index is 13.2. The number of halogens is 1. The van der Waals surface area contributed by atoms with Crippen molar-refractivity contribution < 1.29 is 9.18 Å².